The number of para-hydroxylation sites is 1. The SMILES string of the molecule is COc1ccc(S(=O)(=O)Nc2ccc3c(c2)C(=O)N([C@H](C)CO)C[C@H](C)[C@H](CN(C)C(=O)Nc2ccccc2)OCCCC[C@H](C)O3)cc1. The van der Waals surface area contributed by atoms with Crippen LogP contribution in [0.3, 0.4) is 0 Å². The molecule has 0 saturated heterocycles. The summed E-state index contributed by atoms with van der Waals surface area (Å²) in [6.07, 6.45) is 1.60. The summed E-state index contributed by atoms with van der Waals surface area (Å²) in [7, 11) is -0.803. The Morgan fingerprint density at radius 1 is 1.06 bits per heavy atom. The number of amides is 3. The van der Waals surface area contributed by atoms with Crippen LogP contribution < -0.4 is 19.5 Å². The van der Waals surface area contributed by atoms with E-state index in [0.717, 1.165) is 12.8 Å². The molecule has 0 saturated carbocycles. The fourth-order valence-corrected chi connectivity index (χ4v) is 6.56. The van der Waals surface area contributed by atoms with Gasteiger partial charge >= 0.3 is 6.03 Å². The van der Waals surface area contributed by atoms with Crippen molar-refractivity contribution in [3.05, 3.63) is 78.4 Å². The van der Waals surface area contributed by atoms with E-state index >= 15 is 0 Å². The Bertz CT molecular complexity index is 1640. The second-order valence-corrected chi connectivity index (χ2v) is 14.2. The minimum Gasteiger partial charge on any atom is -0.497 e. The van der Waals surface area contributed by atoms with Crippen LogP contribution in [0.15, 0.2) is 77.7 Å². The predicted molar refractivity (Wildman–Crippen MR) is 189 cm³/mol. The van der Waals surface area contributed by atoms with Gasteiger partial charge in [0, 0.05) is 44.0 Å². The minimum absolute atomic E-state index is 0.0300. The Balaban J connectivity index is 1.63. The number of methoxy groups -OCH3 is 1. The number of sulfonamides is 1. The van der Waals surface area contributed by atoms with Crippen LogP contribution >= 0.6 is 0 Å². The summed E-state index contributed by atoms with van der Waals surface area (Å²) in [5, 5.41) is 13.1. The summed E-state index contributed by atoms with van der Waals surface area (Å²) < 4.78 is 46.8. The highest BCUT2D eigenvalue weighted by Gasteiger charge is 2.31. The molecule has 1 aliphatic heterocycles. The van der Waals surface area contributed by atoms with E-state index in [4.69, 9.17) is 14.2 Å². The lowest BCUT2D eigenvalue weighted by molar-refractivity contribution is -0.0115. The number of benzene rings is 3. The molecule has 4 atom stereocenters. The zero-order chi connectivity index (χ0) is 35.6. The minimum atomic E-state index is -4.00. The summed E-state index contributed by atoms with van der Waals surface area (Å²) in [5.41, 5.74) is 1.01. The van der Waals surface area contributed by atoms with Crippen molar-refractivity contribution in [2.24, 2.45) is 5.92 Å². The number of ether oxygens (including phenoxy) is 3. The first-order valence-electron chi connectivity index (χ1n) is 16.5. The van der Waals surface area contributed by atoms with Crippen molar-refractivity contribution in [1.29, 1.82) is 0 Å². The molecule has 49 heavy (non-hydrogen) atoms. The fraction of sp³-hybridized carbons (Fsp3) is 0.444. The average Bonchev–Trinajstić information content (AvgIpc) is 3.09. The van der Waals surface area contributed by atoms with E-state index in [-0.39, 0.29) is 53.9 Å². The Hall–Kier alpha value is -4.33. The number of nitrogens with zero attached hydrogens (tertiary/aromatic N) is 2. The van der Waals surface area contributed by atoms with E-state index in [1.807, 2.05) is 44.2 Å². The smallest absolute Gasteiger partial charge is 0.321 e. The number of carbonyl (C=O) groups is 2. The van der Waals surface area contributed by atoms with Crippen LogP contribution in [-0.2, 0) is 14.8 Å². The van der Waals surface area contributed by atoms with E-state index in [0.29, 0.717) is 30.2 Å². The van der Waals surface area contributed by atoms with E-state index in [1.165, 1.54) is 25.3 Å². The molecule has 3 aromatic rings. The van der Waals surface area contributed by atoms with Gasteiger partial charge in [0.1, 0.15) is 11.5 Å². The van der Waals surface area contributed by atoms with E-state index in [1.54, 1.807) is 48.0 Å². The average molecular weight is 697 g/mol. The number of aliphatic hydroxyl groups excluding tert-OH is 1. The number of hydrogen-bond acceptors (Lipinski definition) is 8. The molecule has 0 bridgehead atoms. The van der Waals surface area contributed by atoms with Crippen LogP contribution in [0, 0.1) is 5.92 Å². The molecule has 0 fully saturated rings. The van der Waals surface area contributed by atoms with E-state index in [9.17, 15) is 23.1 Å². The van der Waals surface area contributed by atoms with Gasteiger partial charge in [0.25, 0.3) is 15.9 Å². The van der Waals surface area contributed by atoms with Crippen LogP contribution in [0.2, 0.25) is 0 Å². The van der Waals surface area contributed by atoms with Gasteiger partial charge in [0.2, 0.25) is 0 Å². The molecule has 12 nitrogen and oxygen atoms in total. The van der Waals surface area contributed by atoms with Crippen molar-refractivity contribution in [2.45, 2.75) is 63.2 Å². The molecule has 1 heterocycles. The Labute approximate surface area is 289 Å². The van der Waals surface area contributed by atoms with E-state index in [2.05, 4.69) is 10.0 Å². The van der Waals surface area contributed by atoms with Gasteiger partial charge in [-0.05, 0) is 87.7 Å². The maximum absolute atomic E-state index is 14.4. The van der Waals surface area contributed by atoms with Crippen molar-refractivity contribution in [3.63, 3.8) is 0 Å². The molecule has 0 aromatic heterocycles. The van der Waals surface area contributed by atoms with Gasteiger partial charge < -0.3 is 34.4 Å². The number of hydrogen-bond donors (Lipinski definition) is 3. The molecule has 0 aliphatic carbocycles. The van der Waals surface area contributed by atoms with Crippen LogP contribution in [0.25, 0.3) is 0 Å². The largest absolute Gasteiger partial charge is 0.497 e. The Morgan fingerprint density at radius 2 is 1.78 bits per heavy atom. The number of carbonyl (C=O) groups excluding carboxylic acids is 2. The van der Waals surface area contributed by atoms with Gasteiger partial charge in [-0.15, -0.1) is 0 Å². The maximum atomic E-state index is 14.4. The van der Waals surface area contributed by atoms with Crippen molar-refractivity contribution < 1.29 is 37.3 Å². The van der Waals surface area contributed by atoms with Gasteiger partial charge in [-0.2, -0.15) is 0 Å². The summed E-state index contributed by atoms with van der Waals surface area (Å²) in [5.74, 6) is 0.138. The summed E-state index contributed by atoms with van der Waals surface area (Å²) in [6, 6.07) is 18.9. The second-order valence-electron chi connectivity index (χ2n) is 12.5. The third-order valence-electron chi connectivity index (χ3n) is 8.50. The van der Waals surface area contributed by atoms with Crippen LogP contribution in [0.1, 0.15) is 50.4 Å². The molecule has 3 amide bonds. The molecule has 266 valence electrons. The van der Waals surface area contributed by atoms with Crippen LogP contribution in [0.5, 0.6) is 11.5 Å². The molecule has 13 heteroatoms. The van der Waals surface area contributed by atoms with Gasteiger partial charge in [-0.1, -0.05) is 25.1 Å². The summed E-state index contributed by atoms with van der Waals surface area (Å²) in [4.78, 5) is 30.6. The van der Waals surface area contributed by atoms with E-state index < -0.39 is 28.1 Å². The van der Waals surface area contributed by atoms with Gasteiger partial charge in [0.05, 0.1) is 42.4 Å². The second kappa shape index (κ2) is 17.4. The highest BCUT2D eigenvalue weighted by molar-refractivity contribution is 7.92. The summed E-state index contributed by atoms with van der Waals surface area (Å²) >= 11 is 0. The highest BCUT2D eigenvalue weighted by Crippen LogP contribution is 2.30. The molecule has 3 N–H and O–H groups in total. The third kappa shape index (κ3) is 10.3. The number of nitrogens with one attached hydrogen (secondary N) is 2. The monoisotopic (exact) mass is 696 g/mol. The number of aliphatic hydroxyl groups is 1. The van der Waals surface area contributed by atoms with Crippen LogP contribution in [-0.4, -0.2) is 94.0 Å². The van der Waals surface area contributed by atoms with Crippen LogP contribution in [0.4, 0.5) is 16.2 Å². The zero-order valence-electron chi connectivity index (χ0n) is 28.8. The topological polar surface area (TPSA) is 147 Å². The fourth-order valence-electron chi connectivity index (χ4n) is 5.51. The number of fused-ring (bicyclic) bond motifs is 1. The normalized spacial score (nSPS) is 19.8. The van der Waals surface area contributed by atoms with Crippen molar-refractivity contribution in [1.82, 2.24) is 9.80 Å². The quantitative estimate of drug-likeness (QED) is 0.268. The van der Waals surface area contributed by atoms with Crippen molar-refractivity contribution in [2.75, 3.05) is 50.5 Å². The Morgan fingerprint density at radius 3 is 2.45 bits per heavy atom. The number of anilines is 2. The van der Waals surface area contributed by atoms with Gasteiger partial charge in [-0.3, -0.25) is 9.52 Å². The summed E-state index contributed by atoms with van der Waals surface area (Å²) in [6.45, 7) is 6.22. The first-order valence-corrected chi connectivity index (χ1v) is 18.0. The standard InChI is InChI=1S/C36H48N4O8S/c1-25-22-40(26(2)24-41)35(42)32-21-29(38-49(44,45)31-17-15-30(46-5)16-18-31)14-19-33(32)48-27(3)11-9-10-20-47-34(25)23-39(4)36(43)37-28-12-7-6-8-13-28/h6-8,12-19,21,25-27,34,38,41H,9-11,20,22-24H2,1-5H3,(H,37,43)/t25-,26+,27-,34-/m0/s1. The van der Waals surface area contributed by atoms with Gasteiger partial charge in [-0.25, -0.2) is 13.2 Å². The predicted octanol–water partition coefficient (Wildman–Crippen LogP) is 5.46. The molecule has 4 rings (SSSR count). The molecular weight excluding hydrogens is 648 g/mol. The number of likely N-dealkylation sites (N-methyl/N-ethyl adjacent to an activating group) is 1. The lowest BCUT2D eigenvalue weighted by Crippen LogP contribution is -2.48. The lowest BCUT2D eigenvalue weighted by Gasteiger charge is -2.35. The molecule has 0 unspecified atom stereocenters. The first kappa shape index (κ1) is 37.5. The molecule has 0 spiro atoms. The number of urea groups is 1. The molecule has 1 aliphatic rings. The Kier molecular flexibility index (Phi) is 13.3. The zero-order valence-corrected chi connectivity index (χ0v) is 29.6. The number of rotatable bonds is 9. The third-order valence-corrected chi connectivity index (χ3v) is 9.90. The van der Waals surface area contributed by atoms with Gasteiger partial charge in [0.15, 0.2) is 0 Å². The van der Waals surface area contributed by atoms with Crippen molar-refractivity contribution >= 4 is 33.3 Å². The molecule has 3 aromatic carbocycles. The van der Waals surface area contributed by atoms with Crippen molar-refractivity contribution in [3.8, 4) is 11.5 Å². The highest BCUT2D eigenvalue weighted by atomic mass is 32.2. The molecular formula is C36H48N4O8S. The molecule has 0 radical (unpaired) electrons. The maximum Gasteiger partial charge on any atom is 0.321 e. The lowest BCUT2D eigenvalue weighted by atomic mass is 10.0. The first-order chi connectivity index (χ1) is 23.4.